The number of halogens is 2. The van der Waals surface area contributed by atoms with E-state index in [1.165, 1.54) is 0 Å². The molecule has 124 valence electrons. The van der Waals surface area contributed by atoms with Crippen molar-refractivity contribution < 1.29 is 22.0 Å². The third-order valence-corrected chi connectivity index (χ3v) is 4.04. The van der Waals surface area contributed by atoms with Crippen molar-refractivity contribution in [1.29, 1.82) is 0 Å². The van der Waals surface area contributed by atoms with Gasteiger partial charge < -0.3 is 10.2 Å². The SMILES string of the molecule is CN(C)CCN(CC(=O)Nc1ccc(F)cc1F)S(C)(=O)=O. The highest BCUT2D eigenvalue weighted by molar-refractivity contribution is 7.88. The summed E-state index contributed by atoms with van der Waals surface area (Å²) in [6, 6.07) is 2.71. The highest BCUT2D eigenvalue weighted by Crippen LogP contribution is 2.15. The van der Waals surface area contributed by atoms with Gasteiger partial charge >= 0.3 is 0 Å². The minimum absolute atomic E-state index is 0.130. The first-order chi connectivity index (χ1) is 10.1. The van der Waals surface area contributed by atoms with E-state index in [2.05, 4.69) is 5.32 Å². The number of sulfonamides is 1. The molecule has 1 aromatic carbocycles. The lowest BCUT2D eigenvalue weighted by Gasteiger charge is -2.21. The number of likely N-dealkylation sites (N-methyl/N-ethyl adjacent to an activating group) is 1. The Balaban J connectivity index is 2.74. The minimum atomic E-state index is -3.57. The van der Waals surface area contributed by atoms with E-state index >= 15 is 0 Å². The average molecular weight is 335 g/mol. The van der Waals surface area contributed by atoms with Crippen molar-refractivity contribution in [2.75, 3.05) is 45.3 Å². The van der Waals surface area contributed by atoms with Gasteiger partial charge in [-0.3, -0.25) is 4.79 Å². The Morgan fingerprint density at radius 3 is 2.36 bits per heavy atom. The van der Waals surface area contributed by atoms with E-state index in [9.17, 15) is 22.0 Å². The molecule has 1 N–H and O–H groups in total. The van der Waals surface area contributed by atoms with Crippen molar-refractivity contribution in [3.05, 3.63) is 29.8 Å². The molecule has 1 rings (SSSR count). The van der Waals surface area contributed by atoms with Gasteiger partial charge in [0.05, 0.1) is 18.5 Å². The summed E-state index contributed by atoms with van der Waals surface area (Å²) in [5.41, 5.74) is -0.201. The fraction of sp³-hybridized carbons (Fsp3) is 0.462. The average Bonchev–Trinajstić information content (AvgIpc) is 2.36. The molecular weight excluding hydrogens is 316 g/mol. The Morgan fingerprint density at radius 1 is 1.23 bits per heavy atom. The monoisotopic (exact) mass is 335 g/mol. The molecule has 22 heavy (non-hydrogen) atoms. The molecule has 6 nitrogen and oxygen atoms in total. The van der Waals surface area contributed by atoms with Crippen molar-refractivity contribution >= 4 is 21.6 Å². The third-order valence-electron chi connectivity index (χ3n) is 2.79. The first-order valence-electron chi connectivity index (χ1n) is 6.44. The Hall–Kier alpha value is -1.58. The number of nitrogens with one attached hydrogen (secondary N) is 1. The van der Waals surface area contributed by atoms with Crippen LogP contribution in [0.25, 0.3) is 0 Å². The van der Waals surface area contributed by atoms with Crippen LogP contribution >= 0.6 is 0 Å². The summed E-state index contributed by atoms with van der Waals surface area (Å²) in [7, 11) is -0.0282. The standard InChI is InChI=1S/C13H19F2N3O3S/c1-17(2)6-7-18(22(3,20)21)9-13(19)16-12-5-4-10(14)8-11(12)15/h4-5,8H,6-7,9H2,1-3H3,(H,16,19). The molecule has 9 heteroatoms. The summed E-state index contributed by atoms with van der Waals surface area (Å²) in [6.45, 7) is 0.125. The Bertz CT molecular complexity index is 635. The van der Waals surface area contributed by atoms with Gasteiger partial charge in [-0.2, -0.15) is 4.31 Å². The molecule has 0 radical (unpaired) electrons. The van der Waals surface area contributed by atoms with E-state index in [0.717, 1.165) is 22.7 Å². The lowest BCUT2D eigenvalue weighted by Crippen LogP contribution is -2.41. The van der Waals surface area contributed by atoms with Gasteiger partial charge in [0.2, 0.25) is 15.9 Å². The number of hydrogen-bond acceptors (Lipinski definition) is 4. The molecule has 0 atom stereocenters. The van der Waals surface area contributed by atoms with Crippen LogP contribution in [0.5, 0.6) is 0 Å². The molecular formula is C13H19F2N3O3S. The first kappa shape index (κ1) is 18.5. The van der Waals surface area contributed by atoms with Crippen molar-refractivity contribution in [1.82, 2.24) is 9.21 Å². The van der Waals surface area contributed by atoms with Crippen LogP contribution in [0.3, 0.4) is 0 Å². The van der Waals surface area contributed by atoms with Gasteiger partial charge in [0.15, 0.2) is 0 Å². The van der Waals surface area contributed by atoms with Crippen LogP contribution in [0.4, 0.5) is 14.5 Å². The Kier molecular flexibility index (Phi) is 6.39. The quantitative estimate of drug-likeness (QED) is 0.797. The number of benzene rings is 1. The highest BCUT2D eigenvalue weighted by atomic mass is 32.2. The van der Waals surface area contributed by atoms with Crippen LogP contribution in [-0.4, -0.2) is 63.5 Å². The van der Waals surface area contributed by atoms with E-state index in [0.29, 0.717) is 12.6 Å². The van der Waals surface area contributed by atoms with E-state index in [1.807, 2.05) is 0 Å². The van der Waals surface area contributed by atoms with E-state index < -0.39 is 34.1 Å². The second-order valence-corrected chi connectivity index (χ2v) is 7.05. The van der Waals surface area contributed by atoms with Crippen molar-refractivity contribution in [3.63, 3.8) is 0 Å². The smallest absolute Gasteiger partial charge is 0.239 e. The molecule has 0 bridgehead atoms. The zero-order chi connectivity index (χ0) is 16.9. The lowest BCUT2D eigenvalue weighted by atomic mass is 10.3. The molecule has 0 saturated carbocycles. The zero-order valence-corrected chi connectivity index (χ0v) is 13.5. The summed E-state index contributed by atoms with van der Waals surface area (Å²) in [6.07, 6.45) is 0.994. The topological polar surface area (TPSA) is 69.7 Å². The fourth-order valence-corrected chi connectivity index (χ4v) is 2.38. The van der Waals surface area contributed by atoms with Crippen LogP contribution in [-0.2, 0) is 14.8 Å². The maximum absolute atomic E-state index is 13.4. The summed E-state index contributed by atoms with van der Waals surface area (Å²) in [5.74, 6) is -2.39. The number of anilines is 1. The summed E-state index contributed by atoms with van der Waals surface area (Å²) < 4.78 is 50.5. The summed E-state index contributed by atoms with van der Waals surface area (Å²) >= 11 is 0. The van der Waals surface area contributed by atoms with E-state index in [1.54, 1.807) is 19.0 Å². The predicted octanol–water partition coefficient (Wildman–Crippen LogP) is 0.726. The molecule has 0 fully saturated rings. The van der Waals surface area contributed by atoms with Gasteiger partial charge in [-0.05, 0) is 26.2 Å². The minimum Gasteiger partial charge on any atom is -0.322 e. The van der Waals surface area contributed by atoms with Crippen LogP contribution < -0.4 is 5.32 Å². The maximum atomic E-state index is 13.4. The Morgan fingerprint density at radius 2 is 1.86 bits per heavy atom. The normalized spacial score (nSPS) is 12.0. The van der Waals surface area contributed by atoms with Crippen LogP contribution in [0.1, 0.15) is 0 Å². The maximum Gasteiger partial charge on any atom is 0.239 e. The molecule has 0 heterocycles. The lowest BCUT2D eigenvalue weighted by molar-refractivity contribution is -0.116. The van der Waals surface area contributed by atoms with Gasteiger partial charge in [0, 0.05) is 19.2 Å². The third kappa shape index (κ3) is 6.04. The van der Waals surface area contributed by atoms with Crippen molar-refractivity contribution in [2.24, 2.45) is 0 Å². The van der Waals surface area contributed by atoms with Crippen molar-refractivity contribution in [3.8, 4) is 0 Å². The molecule has 0 aromatic heterocycles. The molecule has 0 unspecified atom stereocenters. The van der Waals surface area contributed by atoms with Crippen LogP contribution in [0.2, 0.25) is 0 Å². The molecule has 0 saturated heterocycles. The number of carbonyl (C=O) groups excluding carboxylic acids is 1. The van der Waals surface area contributed by atoms with E-state index in [4.69, 9.17) is 0 Å². The van der Waals surface area contributed by atoms with Gasteiger partial charge in [0.1, 0.15) is 11.6 Å². The van der Waals surface area contributed by atoms with Crippen LogP contribution in [0.15, 0.2) is 18.2 Å². The molecule has 0 spiro atoms. The largest absolute Gasteiger partial charge is 0.322 e. The fourth-order valence-electron chi connectivity index (χ4n) is 1.61. The van der Waals surface area contributed by atoms with Gasteiger partial charge in [0.25, 0.3) is 0 Å². The van der Waals surface area contributed by atoms with Crippen LogP contribution in [0, 0.1) is 11.6 Å². The molecule has 0 aliphatic rings. The van der Waals surface area contributed by atoms with E-state index in [-0.39, 0.29) is 12.2 Å². The Labute approximate surface area is 128 Å². The second kappa shape index (κ2) is 7.61. The molecule has 0 aliphatic carbocycles. The number of nitrogens with zero attached hydrogens (tertiary/aromatic N) is 2. The molecule has 0 aliphatic heterocycles. The number of carbonyl (C=O) groups is 1. The predicted molar refractivity (Wildman–Crippen MR) is 80.0 cm³/mol. The zero-order valence-electron chi connectivity index (χ0n) is 12.6. The van der Waals surface area contributed by atoms with Crippen molar-refractivity contribution in [2.45, 2.75) is 0 Å². The second-order valence-electron chi connectivity index (χ2n) is 5.07. The van der Waals surface area contributed by atoms with Gasteiger partial charge in [-0.1, -0.05) is 0 Å². The number of amides is 1. The highest BCUT2D eigenvalue weighted by Gasteiger charge is 2.20. The number of rotatable bonds is 7. The summed E-state index contributed by atoms with van der Waals surface area (Å²) in [5, 5.41) is 2.23. The summed E-state index contributed by atoms with van der Waals surface area (Å²) in [4.78, 5) is 13.6. The first-order valence-corrected chi connectivity index (χ1v) is 8.29. The van der Waals surface area contributed by atoms with Gasteiger partial charge in [-0.15, -0.1) is 0 Å². The molecule has 1 aromatic rings. The molecule has 1 amide bonds. The number of hydrogen-bond donors (Lipinski definition) is 1. The van der Waals surface area contributed by atoms with Gasteiger partial charge in [-0.25, -0.2) is 17.2 Å².